The van der Waals surface area contributed by atoms with E-state index in [4.69, 9.17) is 0 Å². The quantitative estimate of drug-likeness (QED) is 0.916. The van der Waals surface area contributed by atoms with E-state index >= 15 is 0 Å². The number of nitrogens with one attached hydrogen (secondary N) is 1. The summed E-state index contributed by atoms with van der Waals surface area (Å²) in [5, 5.41) is 3.54. The van der Waals surface area contributed by atoms with Crippen molar-refractivity contribution >= 4 is 0 Å². The van der Waals surface area contributed by atoms with Gasteiger partial charge in [0, 0.05) is 48.4 Å². The average molecular weight is 286 g/mol. The van der Waals surface area contributed by atoms with Crippen LogP contribution in [0, 0.1) is 6.92 Å². The Morgan fingerprint density at radius 1 is 1.24 bits per heavy atom. The Morgan fingerprint density at radius 3 is 2.67 bits per heavy atom. The summed E-state index contributed by atoms with van der Waals surface area (Å²) < 4.78 is 2.19. The molecule has 4 heteroatoms. The van der Waals surface area contributed by atoms with E-state index in [1.807, 2.05) is 25.5 Å². The zero-order valence-corrected chi connectivity index (χ0v) is 13.8. The first-order valence-corrected chi connectivity index (χ1v) is 7.64. The molecule has 0 fully saturated rings. The molecule has 0 spiro atoms. The van der Waals surface area contributed by atoms with Crippen molar-refractivity contribution in [3.8, 4) is 5.69 Å². The molecule has 4 nitrogen and oxygen atoms in total. The molecule has 0 aliphatic carbocycles. The molecule has 0 saturated heterocycles. The molecule has 0 aliphatic rings. The summed E-state index contributed by atoms with van der Waals surface area (Å²) in [5.41, 5.74) is 3.50. The minimum atomic E-state index is 0.0866. The van der Waals surface area contributed by atoms with Gasteiger partial charge in [0.15, 0.2) is 0 Å². The Balaban J connectivity index is 2.37. The maximum Gasteiger partial charge on any atom is 0.113 e. The van der Waals surface area contributed by atoms with Gasteiger partial charge in [0.1, 0.15) is 5.82 Å². The van der Waals surface area contributed by atoms with Gasteiger partial charge < -0.3 is 9.88 Å². The van der Waals surface area contributed by atoms with Gasteiger partial charge in [-0.3, -0.25) is 4.98 Å². The van der Waals surface area contributed by atoms with Crippen LogP contribution in [0.25, 0.3) is 5.69 Å². The fraction of sp³-hybridized carbons (Fsp3) is 0.529. The van der Waals surface area contributed by atoms with E-state index in [-0.39, 0.29) is 5.54 Å². The van der Waals surface area contributed by atoms with Crippen LogP contribution in [-0.2, 0) is 13.0 Å². The van der Waals surface area contributed by atoms with Crippen molar-refractivity contribution in [2.45, 2.75) is 59.5 Å². The third kappa shape index (κ3) is 4.14. The molecule has 0 saturated carbocycles. The summed E-state index contributed by atoms with van der Waals surface area (Å²) >= 11 is 0. The van der Waals surface area contributed by atoms with E-state index in [2.05, 4.69) is 53.6 Å². The number of aryl methyl sites for hydroxylation is 2. The highest BCUT2D eigenvalue weighted by atomic mass is 15.1. The Kier molecular flexibility index (Phi) is 4.78. The summed E-state index contributed by atoms with van der Waals surface area (Å²) in [6, 6.07) is 2.14. The SMILES string of the molecule is CCCc1nccn1-c1cc(C)ncc1CNC(C)(C)C. The maximum atomic E-state index is 4.48. The van der Waals surface area contributed by atoms with Crippen molar-refractivity contribution in [2.24, 2.45) is 0 Å². The van der Waals surface area contributed by atoms with Gasteiger partial charge in [-0.2, -0.15) is 0 Å². The van der Waals surface area contributed by atoms with E-state index in [1.165, 1.54) is 11.3 Å². The Hall–Kier alpha value is -1.68. The molecule has 0 radical (unpaired) electrons. The van der Waals surface area contributed by atoms with Crippen LogP contribution in [0.4, 0.5) is 0 Å². The van der Waals surface area contributed by atoms with Crippen molar-refractivity contribution in [3.63, 3.8) is 0 Å². The molecule has 2 heterocycles. The van der Waals surface area contributed by atoms with Crippen LogP contribution in [0.5, 0.6) is 0 Å². The van der Waals surface area contributed by atoms with Gasteiger partial charge in [-0.05, 0) is 40.2 Å². The lowest BCUT2D eigenvalue weighted by atomic mass is 10.1. The molecule has 1 N–H and O–H groups in total. The second kappa shape index (κ2) is 6.39. The number of nitrogens with zero attached hydrogens (tertiary/aromatic N) is 3. The van der Waals surface area contributed by atoms with Gasteiger partial charge in [0.05, 0.1) is 5.69 Å². The van der Waals surface area contributed by atoms with E-state index < -0.39 is 0 Å². The standard InChI is InChI=1S/C17H26N4/c1-6-7-16-18-8-9-21(16)15-10-13(2)19-11-14(15)12-20-17(3,4)5/h8-11,20H,6-7,12H2,1-5H3. The van der Waals surface area contributed by atoms with Crippen LogP contribution >= 0.6 is 0 Å². The Bertz CT molecular complexity index is 593. The van der Waals surface area contributed by atoms with E-state index in [1.54, 1.807) is 0 Å². The highest BCUT2D eigenvalue weighted by Gasteiger charge is 2.13. The van der Waals surface area contributed by atoms with E-state index in [0.717, 1.165) is 30.9 Å². The largest absolute Gasteiger partial charge is 0.308 e. The number of rotatable bonds is 5. The lowest BCUT2D eigenvalue weighted by Gasteiger charge is -2.22. The monoisotopic (exact) mass is 286 g/mol. The third-order valence-corrected chi connectivity index (χ3v) is 3.36. The highest BCUT2D eigenvalue weighted by molar-refractivity contribution is 5.42. The summed E-state index contributed by atoms with van der Waals surface area (Å²) in [5.74, 6) is 1.11. The zero-order chi connectivity index (χ0) is 15.5. The molecular formula is C17H26N4. The second-order valence-electron chi connectivity index (χ2n) is 6.52. The second-order valence-corrected chi connectivity index (χ2v) is 6.52. The van der Waals surface area contributed by atoms with Gasteiger partial charge >= 0.3 is 0 Å². The normalized spacial score (nSPS) is 11.9. The molecule has 0 aliphatic heterocycles. The van der Waals surface area contributed by atoms with Crippen molar-refractivity contribution in [1.82, 2.24) is 19.9 Å². The van der Waals surface area contributed by atoms with Crippen LogP contribution in [-0.4, -0.2) is 20.1 Å². The number of hydrogen-bond donors (Lipinski definition) is 1. The Morgan fingerprint density at radius 2 is 2.00 bits per heavy atom. The van der Waals surface area contributed by atoms with Crippen molar-refractivity contribution in [2.75, 3.05) is 0 Å². The van der Waals surface area contributed by atoms with Crippen LogP contribution in [0.15, 0.2) is 24.7 Å². The van der Waals surface area contributed by atoms with E-state index in [9.17, 15) is 0 Å². The molecule has 0 atom stereocenters. The molecule has 0 amide bonds. The topological polar surface area (TPSA) is 42.7 Å². The van der Waals surface area contributed by atoms with Gasteiger partial charge in [-0.15, -0.1) is 0 Å². The molecule has 0 aromatic carbocycles. The van der Waals surface area contributed by atoms with Crippen LogP contribution in [0.2, 0.25) is 0 Å². The molecule has 2 rings (SSSR count). The predicted molar refractivity (Wildman–Crippen MR) is 86.7 cm³/mol. The molecule has 2 aromatic rings. The van der Waals surface area contributed by atoms with Crippen LogP contribution in [0.1, 0.15) is 51.2 Å². The minimum absolute atomic E-state index is 0.0866. The number of pyridine rings is 1. The van der Waals surface area contributed by atoms with Gasteiger partial charge in [-0.1, -0.05) is 6.92 Å². The lowest BCUT2D eigenvalue weighted by molar-refractivity contribution is 0.423. The first-order chi connectivity index (χ1) is 9.90. The maximum absolute atomic E-state index is 4.48. The van der Waals surface area contributed by atoms with Crippen molar-refractivity contribution < 1.29 is 0 Å². The first kappa shape index (κ1) is 15.7. The van der Waals surface area contributed by atoms with E-state index in [0.29, 0.717) is 0 Å². The van der Waals surface area contributed by atoms with Crippen LogP contribution < -0.4 is 5.32 Å². The van der Waals surface area contributed by atoms with Gasteiger partial charge in [0.25, 0.3) is 0 Å². The van der Waals surface area contributed by atoms with Crippen LogP contribution in [0.3, 0.4) is 0 Å². The Labute approximate surface area is 127 Å². The molecule has 21 heavy (non-hydrogen) atoms. The number of aromatic nitrogens is 3. The molecule has 114 valence electrons. The van der Waals surface area contributed by atoms with Crippen molar-refractivity contribution in [1.29, 1.82) is 0 Å². The zero-order valence-electron chi connectivity index (χ0n) is 13.8. The first-order valence-electron chi connectivity index (χ1n) is 7.64. The smallest absolute Gasteiger partial charge is 0.113 e. The minimum Gasteiger partial charge on any atom is -0.308 e. The summed E-state index contributed by atoms with van der Waals surface area (Å²) in [4.78, 5) is 8.94. The lowest BCUT2D eigenvalue weighted by Crippen LogP contribution is -2.35. The molecule has 0 bridgehead atoms. The molecule has 0 unspecified atom stereocenters. The third-order valence-electron chi connectivity index (χ3n) is 3.36. The van der Waals surface area contributed by atoms with Gasteiger partial charge in [0.2, 0.25) is 0 Å². The highest BCUT2D eigenvalue weighted by Crippen LogP contribution is 2.18. The van der Waals surface area contributed by atoms with Crippen molar-refractivity contribution in [3.05, 3.63) is 41.7 Å². The summed E-state index contributed by atoms with van der Waals surface area (Å²) in [6.45, 7) is 11.5. The fourth-order valence-electron chi connectivity index (χ4n) is 2.26. The average Bonchev–Trinajstić information content (AvgIpc) is 2.85. The molecule has 2 aromatic heterocycles. The fourth-order valence-corrected chi connectivity index (χ4v) is 2.26. The number of imidazole rings is 1. The van der Waals surface area contributed by atoms with Gasteiger partial charge in [-0.25, -0.2) is 4.98 Å². The summed E-state index contributed by atoms with van der Waals surface area (Å²) in [7, 11) is 0. The predicted octanol–water partition coefficient (Wildman–Crippen LogP) is 3.42. The number of hydrogen-bond acceptors (Lipinski definition) is 3. The summed E-state index contributed by atoms with van der Waals surface area (Å²) in [6.07, 6.45) is 7.97. The molecular weight excluding hydrogens is 260 g/mol.